The molecule has 27 heavy (non-hydrogen) atoms. The zero-order chi connectivity index (χ0) is 18.5. The molecule has 0 saturated carbocycles. The van der Waals surface area contributed by atoms with Crippen molar-refractivity contribution in [3.05, 3.63) is 65.9 Å². The number of likely N-dealkylation sites (tertiary alicyclic amines) is 1. The number of piperidine rings is 1. The molecular formula is C24H30N2O. The summed E-state index contributed by atoms with van der Waals surface area (Å²) >= 11 is 0. The number of hydrogen-bond donors (Lipinski definition) is 1. The number of nitrogens with one attached hydrogen (secondary N) is 1. The summed E-state index contributed by atoms with van der Waals surface area (Å²) in [7, 11) is 1.73. The van der Waals surface area contributed by atoms with Crippen molar-refractivity contribution in [3.8, 4) is 5.75 Å². The molecule has 1 aliphatic heterocycles. The molecule has 4 rings (SSSR count). The summed E-state index contributed by atoms with van der Waals surface area (Å²) in [6.07, 6.45) is 8.40. The van der Waals surface area contributed by atoms with Crippen LogP contribution in [0.1, 0.15) is 42.7 Å². The predicted octanol–water partition coefficient (Wildman–Crippen LogP) is 5.38. The molecule has 142 valence electrons. The Morgan fingerprint density at radius 1 is 1.04 bits per heavy atom. The van der Waals surface area contributed by atoms with Crippen molar-refractivity contribution >= 4 is 10.9 Å². The highest BCUT2D eigenvalue weighted by Crippen LogP contribution is 2.28. The molecule has 0 unspecified atom stereocenters. The lowest BCUT2D eigenvalue weighted by atomic mass is 9.89. The lowest BCUT2D eigenvalue weighted by molar-refractivity contribution is 0.209. The lowest BCUT2D eigenvalue weighted by Crippen LogP contribution is -2.33. The average Bonchev–Trinajstić information content (AvgIpc) is 3.14. The van der Waals surface area contributed by atoms with Gasteiger partial charge in [-0.2, -0.15) is 0 Å². The SMILES string of the molecule is COc1ccc2[nH]cc(CCCCN3CCC(c4ccccc4)CC3)c2c1. The van der Waals surface area contributed by atoms with E-state index in [1.807, 2.05) is 6.07 Å². The molecule has 1 N–H and O–H groups in total. The molecule has 0 amide bonds. The zero-order valence-corrected chi connectivity index (χ0v) is 16.3. The predicted molar refractivity (Wildman–Crippen MR) is 113 cm³/mol. The summed E-state index contributed by atoms with van der Waals surface area (Å²) in [4.78, 5) is 6.03. The monoisotopic (exact) mass is 362 g/mol. The first-order valence-electron chi connectivity index (χ1n) is 10.2. The van der Waals surface area contributed by atoms with Gasteiger partial charge in [-0.05, 0) is 87.0 Å². The van der Waals surface area contributed by atoms with E-state index in [2.05, 4.69) is 58.5 Å². The Balaban J connectivity index is 1.22. The Labute approximate surface area is 162 Å². The smallest absolute Gasteiger partial charge is 0.119 e. The van der Waals surface area contributed by atoms with Crippen LogP contribution < -0.4 is 4.74 Å². The Bertz CT molecular complexity index is 847. The number of H-pyrrole nitrogens is 1. The highest BCUT2D eigenvalue weighted by Gasteiger charge is 2.19. The Hall–Kier alpha value is -2.26. The fourth-order valence-corrected chi connectivity index (χ4v) is 4.36. The third kappa shape index (κ3) is 4.36. The maximum atomic E-state index is 5.37. The van der Waals surface area contributed by atoms with Crippen molar-refractivity contribution in [3.63, 3.8) is 0 Å². The first kappa shape index (κ1) is 18.1. The van der Waals surface area contributed by atoms with Crippen LogP contribution in [0.4, 0.5) is 0 Å². The van der Waals surface area contributed by atoms with Gasteiger partial charge < -0.3 is 14.6 Å². The molecule has 1 aromatic heterocycles. The molecule has 3 heteroatoms. The van der Waals surface area contributed by atoms with E-state index < -0.39 is 0 Å². The number of aromatic nitrogens is 1. The molecule has 1 fully saturated rings. The molecule has 3 aromatic rings. The van der Waals surface area contributed by atoms with E-state index in [9.17, 15) is 0 Å². The molecule has 3 nitrogen and oxygen atoms in total. The third-order valence-electron chi connectivity index (χ3n) is 6.00. The number of nitrogens with zero attached hydrogens (tertiary/aromatic N) is 1. The Morgan fingerprint density at radius 3 is 2.63 bits per heavy atom. The minimum absolute atomic E-state index is 0.753. The number of aryl methyl sites for hydroxylation is 1. The van der Waals surface area contributed by atoms with Crippen LogP contribution in [0.3, 0.4) is 0 Å². The van der Waals surface area contributed by atoms with Gasteiger partial charge in [0.15, 0.2) is 0 Å². The molecular weight excluding hydrogens is 332 g/mol. The second-order valence-electron chi connectivity index (χ2n) is 7.71. The summed E-state index contributed by atoms with van der Waals surface area (Å²) < 4.78 is 5.37. The van der Waals surface area contributed by atoms with Crippen LogP contribution in [-0.2, 0) is 6.42 Å². The number of fused-ring (bicyclic) bond motifs is 1. The van der Waals surface area contributed by atoms with Gasteiger partial charge in [0.05, 0.1) is 7.11 Å². The van der Waals surface area contributed by atoms with E-state index in [1.54, 1.807) is 7.11 Å². The van der Waals surface area contributed by atoms with Crippen molar-refractivity contribution in [2.75, 3.05) is 26.7 Å². The first-order chi connectivity index (χ1) is 13.3. The van der Waals surface area contributed by atoms with Crippen molar-refractivity contribution in [2.24, 2.45) is 0 Å². The number of methoxy groups -OCH3 is 1. The Kier molecular flexibility index (Phi) is 5.78. The fourth-order valence-electron chi connectivity index (χ4n) is 4.36. The van der Waals surface area contributed by atoms with Crippen LogP contribution in [0.25, 0.3) is 10.9 Å². The maximum absolute atomic E-state index is 5.37. The number of benzene rings is 2. The van der Waals surface area contributed by atoms with Gasteiger partial charge in [0.2, 0.25) is 0 Å². The second-order valence-corrected chi connectivity index (χ2v) is 7.71. The number of ether oxygens (including phenoxy) is 1. The van der Waals surface area contributed by atoms with Gasteiger partial charge in [0, 0.05) is 17.1 Å². The number of aromatic amines is 1. The average molecular weight is 363 g/mol. The number of unbranched alkanes of at least 4 members (excludes halogenated alkanes) is 1. The lowest BCUT2D eigenvalue weighted by Gasteiger charge is -2.32. The third-order valence-corrected chi connectivity index (χ3v) is 6.00. The quantitative estimate of drug-likeness (QED) is 0.572. The van der Waals surface area contributed by atoms with E-state index in [-0.39, 0.29) is 0 Å². The summed E-state index contributed by atoms with van der Waals surface area (Å²) in [5.74, 6) is 1.69. The van der Waals surface area contributed by atoms with Crippen LogP contribution in [0, 0.1) is 0 Å². The van der Waals surface area contributed by atoms with Crippen molar-refractivity contribution in [1.29, 1.82) is 0 Å². The van der Waals surface area contributed by atoms with E-state index >= 15 is 0 Å². The molecule has 0 atom stereocenters. The maximum Gasteiger partial charge on any atom is 0.119 e. The van der Waals surface area contributed by atoms with Gasteiger partial charge in [-0.1, -0.05) is 30.3 Å². The summed E-state index contributed by atoms with van der Waals surface area (Å²) in [6, 6.07) is 17.3. The zero-order valence-electron chi connectivity index (χ0n) is 16.3. The molecule has 1 saturated heterocycles. The molecule has 2 heterocycles. The number of rotatable bonds is 7. The van der Waals surface area contributed by atoms with E-state index in [0.29, 0.717) is 0 Å². The van der Waals surface area contributed by atoms with Crippen LogP contribution in [0.2, 0.25) is 0 Å². The van der Waals surface area contributed by atoms with Gasteiger partial charge >= 0.3 is 0 Å². The van der Waals surface area contributed by atoms with Crippen LogP contribution in [0.15, 0.2) is 54.7 Å². The summed E-state index contributed by atoms with van der Waals surface area (Å²) in [5, 5.41) is 1.30. The van der Waals surface area contributed by atoms with Gasteiger partial charge in [-0.15, -0.1) is 0 Å². The molecule has 0 bridgehead atoms. The Morgan fingerprint density at radius 2 is 1.85 bits per heavy atom. The van der Waals surface area contributed by atoms with Gasteiger partial charge in [-0.3, -0.25) is 0 Å². The minimum Gasteiger partial charge on any atom is -0.497 e. The van der Waals surface area contributed by atoms with Crippen molar-refractivity contribution in [1.82, 2.24) is 9.88 Å². The summed E-state index contributed by atoms with van der Waals surface area (Å²) in [5.41, 5.74) is 4.13. The normalized spacial score (nSPS) is 16.0. The van der Waals surface area contributed by atoms with E-state index in [4.69, 9.17) is 4.74 Å². The molecule has 0 aliphatic carbocycles. The number of hydrogen-bond acceptors (Lipinski definition) is 2. The van der Waals surface area contributed by atoms with Crippen LogP contribution >= 0.6 is 0 Å². The van der Waals surface area contributed by atoms with E-state index in [0.717, 1.165) is 18.1 Å². The molecule has 0 radical (unpaired) electrons. The highest BCUT2D eigenvalue weighted by atomic mass is 16.5. The molecule has 0 spiro atoms. The minimum atomic E-state index is 0.753. The second kappa shape index (κ2) is 8.62. The first-order valence-corrected chi connectivity index (χ1v) is 10.2. The van der Waals surface area contributed by atoms with Crippen LogP contribution in [0.5, 0.6) is 5.75 Å². The molecule has 2 aromatic carbocycles. The summed E-state index contributed by atoms with van der Waals surface area (Å²) in [6.45, 7) is 3.71. The van der Waals surface area contributed by atoms with Crippen LogP contribution in [-0.4, -0.2) is 36.6 Å². The van der Waals surface area contributed by atoms with Gasteiger partial charge in [0.25, 0.3) is 0 Å². The van der Waals surface area contributed by atoms with Gasteiger partial charge in [0.1, 0.15) is 5.75 Å². The highest BCUT2D eigenvalue weighted by molar-refractivity contribution is 5.84. The van der Waals surface area contributed by atoms with Crippen molar-refractivity contribution < 1.29 is 4.74 Å². The molecule has 1 aliphatic rings. The van der Waals surface area contributed by atoms with E-state index in [1.165, 1.54) is 67.3 Å². The van der Waals surface area contributed by atoms with Crippen molar-refractivity contribution in [2.45, 2.75) is 38.0 Å². The fraction of sp³-hybridized carbons (Fsp3) is 0.417. The van der Waals surface area contributed by atoms with Gasteiger partial charge in [-0.25, -0.2) is 0 Å². The largest absolute Gasteiger partial charge is 0.497 e. The topological polar surface area (TPSA) is 28.3 Å². The standard InChI is InChI=1S/C24H30N2O/c1-27-22-10-11-24-23(17-22)21(18-25-24)9-5-6-14-26-15-12-20(13-16-26)19-7-3-2-4-8-19/h2-4,7-8,10-11,17-18,20,25H,5-6,9,12-16H2,1H3.